The Bertz CT molecular complexity index is 3660. The van der Waals surface area contributed by atoms with Crippen molar-refractivity contribution < 1.29 is 69.3 Å². The molecule has 0 unspecified atom stereocenters. The van der Waals surface area contributed by atoms with Gasteiger partial charge in [0.25, 0.3) is 11.8 Å². The van der Waals surface area contributed by atoms with E-state index in [0.717, 1.165) is 78.2 Å². The molecule has 1 aliphatic carbocycles. The topological polar surface area (TPSA) is 159 Å². The third-order valence-corrected chi connectivity index (χ3v) is 20.1. The number of carboxylic acid groups (broad SMARTS) is 1. The fourth-order valence-corrected chi connectivity index (χ4v) is 14.3. The van der Waals surface area contributed by atoms with Crippen LogP contribution in [0, 0.1) is 5.82 Å². The van der Waals surface area contributed by atoms with Gasteiger partial charge in [-0.15, -0.1) is 0 Å². The fourth-order valence-electron chi connectivity index (χ4n) is 14.3. The number of alkyl halides is 6. The molecule has 5 amide bonds. The van der Waals surface area contributed by atoms with E-state index in [4.69, 9.17) is 9.47 Å². The van der Waals surface area contributed by atoms with Crippen molar-refractivity contribution in [2.75, 3.05) is 111 Å². The van der Waals surface area contributed by atoms with Crippen LogP contribution in [0.1, 0.15) is 118 Å². The molecule has 23 heteroatoms. The molecule has 0 saturated carbocycles. The Morgan fingerprint density at radius 2 is 1.30 bits per heavy atom. The van der Waals surface area contributed by atoms with Crippen molar-refractivity contribution in [1.29, 1.82) is 0 Å². The number of nitrogens with one attached hydrogen (secondary N) is 1. The Hall–Kier alpha value is -8.22. The average molecular weight is 1360 g/mol. The van der Waals surface area contributed by atoms with Crippen LogP contribution in [0.2, 0.25) is 0 Å². The summed E-state index contributed by atoms with van der Waals surface area (Å²) in [6.45, 7) is 5.93. The van der Waals surface area contributed by atoms with Crippen LogP contribution in [-0.4, -0.2) is 183 Å². The van der Waals surface area contributed by atoms with Crippen molar-refractivity contribution in [2.45, 2.75) is 113 Å². The van der Waals surface area contributed by atoms with E-state index in [1.54, 1.807) is 28.8 Å². The third kappa shape index (κ3) is 17.8. The lowest BCUT2D eigenvalue weighted by atomic mass is 9.72. The number of amides is 5. The van der Waals surface area contributed by atoms with Crippen LogP contribution >= 0.6 is 0 Å². The molecule has 0 bridgehead atoms. The van der Waals surface area contributed by atoms with Crippen LogP contribution in [0.5, 0.6) is 0 Å². The standard InChI is InChI=1S/C75H87F7N8O8/c1-84(36-14-37-86(3)69(93)55-24-22-53(23-25-55)49-83-35-13-5-8-21-67(91)85(2)43-44-87-38-30-62(31-39-87)90(71(95)96)65-20-12-10-18-63(65)54-15-6-4-7-16-54)68(92)50-97-66-47-56-17-9-11-19-64(56)72(66)32-40-88(41-33-72)42-34-73(58-26-28-61(76)29-27-58)51-89(52-98-73)70(94)57-45-59(74(77,78)79)48-60(46-57)75(80,81)82/h4,6-7,9-12,15-20,22-29,45-46,48,62,66,83H,5,8,13-14,21,30-44,47,49-52H2,1-3H3,(H,95,96)/t66-,73+/m0/s1. The summed E-state index contributed by atoms with van der Waals surface area (Å²) in [7, 11) is 5.31. The van der Waals surface area contributed by atoms with E-state index in [1.807, 2.05) is 98.0 Å². The van der Waals surface area contributed by atoms with Gasteiger partial charge < -0.3 is 49.3 Å². The van der Waals surface area contributed by atoms with Crippen molar-refractivity contribution in [1.82, 2.24) is 34.7 Å². The number of carbonyl (C=O) groups excluding carboxylic acids is 4. The second-order valence-corrected chi connectivity index (χ2v) is 26.5. The van der Waals surface area contributed by atoms with Gasteiger partial charge in [0, 0.05) is 108 Å². The van der Waals surface area contributed by atoms with Gasteiger partial charge in [0.1, 0.15) is 24.8 Å². The zero-order chi connectivity index (χ0) is 69.8. The number of para-hydroxylation sites is 1. The molecule has 1 spiro atoms. The van der Waals surface area contributed by atoms with Gasteiger partial charge in [-0.25, -0.2) is 9.18 Å². The normalized spacial score (nSPS) is 18.2. The minimum Gasteiger partial charge on any atom is -0.465 e. The van der Waals surface area contributed by atoms with Crippen LogP contribution in [0.4, 0.5) is 41.2 Å². The molecule has 6 aromatic carbocycles. The summed E-state index contributed by atoms with van der Waals surface area (Å²) in [5.41, 5.74) is 1.27. The van der Waals surface area contributed by atoms with Crippen LogP contribution in [0.3, 0.4) is 0 Å². The Balaban J connectivity index is 0.608. The van der Waals surface area contributed by atoms with E-state index in [9.17, 15) is 59.8 Å². The number of benzene rings is 6. The van der Waals surface area contributed by atoms with Gasteiger partial charge in [0.2, 0.25) is 11.8 Å². The number of piperidine rings is 2. The highest BCUT2D eigenvalue weighted by molar-refractivity contribution is 5.96. The molecular weight excluding hydrogens is 1270 g/mol. The molecule has 3 aliphatic heterocycles. The van der Waals surface area contributed by atoms with E-state index in [0.29, 0.717) is 120 Å². The predicted octanol–water partition coefficient (Wildman–Crippen LogP) is 12.6. The second kappa shape index (κ2) is 32.2. The quantitative estimate of drug-likeness (QED) is 0.0373. The van der Waals surface area contributed by atoms with Crippen molar-refractivity contribution >= 4 is 35.4 Å². The van der Waals surface area contributed by atoms with Gasteiger partial charge in [-0.1, -0.05) is 103 Å². The maximum absolute atomic E-state index is 14.2. The van der Waals surface area contributed by atoms with E-state index in [1.165, 1.54) is 29.2 Å². The molecular formula is C75H87F7N8O8. The summed E-state index contributed by atoms with van der Waals surface area (Å²) < 4.78 is 110. The number of likely N-dealkylation sites (N-methyl/N-ethyl adjacent to an activating group) is 2. The fraction of sp³-hybridized carbons (Fsp3) is 0.453. The molecule has 0 aromatic heterocycles. The van der Waals surface area contributed by atoms with Crippen molar-refractivity contribution in [3.05, 3.63) is 196 Å². The average Bonchev–Trinajstić information content (AvgIpc) is 1.58. The second-order valence-electron chi connectivity index (χ2n) is 26.5. The third-order valence-electron chi connectivity index (χ3n) is 20.1. The van der Waals surface area contributed by atoms with E-state index < -0.39 is 64.6 Å². The molecule has 2 N–H and O–H groups in total. The largest absolute Gasteiger partial charge is 0.465 e. The van der Waals surface area contributed by atoms with Crippen molar-refractivity contribution in [3.63, 3.8) is 0 Å². The van der Waals surface area contributed by atoms with Gasteiger partial charge in [-0.2, -0.15) is 26.3 Å². The minimum absolute atomic E-state index is 0.0287. The summed E-state index contributed by atoms with van der Waals surface area (Å²) >= 11 is 0. The summed E-state index contributed by atoms with van der Waals surface area (Å²) in [5.74, 6) is -1.81. The van der Waals surface area contributed by atoms with Crippen molar-refractivity contribution in [2.24, 2.45) is 0 Å². The van der Waals surface area contributed by atoms with Crippen LogP contribution in [0.15, 0.2) is 146 Å². The highest BCUT2D eigenvalue weighted by Gasteiger charge is 2.50. The monoisotopic (exact) mass is 1360 g/mol. The lowest BCUT2D eigenvalue weighted by molar-refractivity contribution is -0.143. The zero-order valence-electron chi connectivity index (χ0n) is 55.8. The van der Waals surface area contributed by atoms with E-state index in [2.05, 4.69) is 27.2 Å². The number of likely N-dealkylation sites (tertiary alicyclic amines) is 2. The molecule has 10 rings (SSSR count). The molecule has 3 fully saturated rings. The van der Waals surface area contributed by atoms with Gasteiger partial charge in [-0.05, 0) is 154 Å². The molecule has 98 heavy (non-hydrogen) atoms. The Morgan fingerprint density at radius 1 is 0.663 bits per heavy atom. The Labute approximate surface area is 568 Å². The SMILES string of the molecule is CN(CCN1CCC(N(C(=O)O)c2ccccc2-c2ccccc2)CC1)C(=O)CCCCCNCc1ccc(C(=O)N(C)CCCN(C)C(=O)CO[C@H]2Cc3ccccc3C23CCN(CC[C@]2(c4ccc(F)cc4)CN(C(=O)c4cc(C(F)(F)F)cc(C(F)(F)F)c4)CO2)CC3)cc1. The van der Waals surface area contributed by atoms with E-state index in [-0.39, 0.29) is 55.5 Å². The number of fused-ring (bicyclic) bond motifs is 2. The first kappa shape index (κ1) is 72.5. The summed E-state index contributed by atoms with van der Waals surface area (Å²) in [6, 6.07) is 39.3. The van der Waals surface area contributed by atoms with Gasteiger partial charge >= 0.3 is 18.4 Å². The summed E-state index contributed by atoms with van der Waals surface area (Å²) in [5, 5.41) is 13.8. The van der Waals surface area contributed by atoms with Gasteiger partial charge in [-0.3, -0.25) is 24.1 Å². The number of rotatable bonds is 27. The van der Waals surface area contributed by atoms with Gasteiger partial charge in [0.05, 0.1) is 29.5 Å². The first-order valence-electron chi connectivity index (χ1n) is 33.7. The predicted molar refractivity (Wildman–Crippen MR) is 359 cm³/mol. The first-order chi connectivity index (χ1) is 46.9. The highest BCUT2D eigenvalue weighted by Crippen LogP contribution is 2.49. The van der Waals surface area contributed by atoms with Crippen LogP contribution < -0.4 is 10.2 Å². The highest BCUT2D eigenvalue weighted by atomic mass is 19.4. The number of ether oxygens (including phenoxy) is 2. The Morgan fingerprint density at radius 3 is 1.98 bits per heavy atom. The molecule has 524 valence electrons. The maximum Gasteiger partial charge on any atom is 0.416 e. The Kier molecular flexibility index (Phi) is 23.8. The van der Waals surface area contributed by atoms with Crippen molar-refractivity contribution in [3.8, 4) is 11.1 Å². The lowest BCUT2D eigenvalue weighted by Crippen LogP contribution is -2.50. The molecule has 3 saturated heterocycles. The van der Waals surface area contributed by atoms with E-state index >= 15 is 0 Å². The summed E-state index contributed by atoms with van der Waals surface area (Å²) in [4.78, 5) is 78.8. The number of unbranched alkanes of at least 4 members (excludes halogenated alkanes) is 2. The molecule has 2 atom stereocenters. The van der Waals surface area contributed by atoms with Gasteiger partial charge in [0.15, 0.2) is 0 Å². The number of halogens is 7. The number of hydrogen-bond donors (Lipinski definition) is 2. The molecule has 4 aliphatic rings. The molecule has 6 aromatic rings. The summed E-state index contributed by atoms with van der Waals surface area (Å²) in [6.07, 6.45) is -4.31. The van der Waals surface area contributed by atoms with Crippen LogP contribution in [0.25, 0.3) is 11.1 Å². The number of hydrogen-bond acceptors (Lipinski definition) is 10. The molecule has 0 radical (unpaired) electrons. The number of carbonyl (C=O) groups is 5. The first-order valence-corrected chi connectivity index (χ1v) is 33.7. The maximum atomic E-state index is 14.2. The molecule has 3 heterocycles. The minimum atomic E-state index is -5.15. The number of anilines is 1. The molecule has 16 nitrogen and oxygen atoms in total. The van der Waals surface area contributed by atoms with Crippen LogP contribution in [-0.2, 0) is 55.4 Å². The smallest absolute Gasteiger partial charge is 0.416 e. The zero-order valence-corrected chi connectivity index (χ0v) is 55.8. The number of nitrogens with zero attached hydrogens (tertiary/aromatic N) is 7. The lowest BCUT2D eigenvalue weighted by Gasteiger charge is -2.44.